The van der Waals surface area contributed by atoms with Crippen LogP contribution in [0.2, 0.25) is 0 Å². The lowest BCUT2D eigenvalue weighted by Crippen LogP contribution is -2.32. The topological polar surface area (TPSA) is 44.8 Å². The van der Waals surface area contributed by atoms with Crippen molar-refractivity contribution < 1.29 is 19.0 Å². The normalized spacial score (nSPS) is 27.2. The fourth-order valence-electron chi connectivity index (χ4n) is 1.96. The van der Waals surface area contributed by atoms with E-state index in [-0.39, 0.29) is 0 Å². The molecule has 0 N–H and O–H groups in total. The predicted octanol–water partition coefficient (Wildman–Crippen LogP) is 2.63. The van der Waals surface area contributed by atoms with Crippen molar-refractivity contribution in [2.24, 2.45) is 0 Å². The lowest BCUT2D eigenvalue weighted by molar-refractivity contribution is 0.0775. The van der Waals surface area contributed by atoms with Crippen LogP contribution in [0.25, 0.3) is 0 Å². The number of carbonyl (C=O) groups excluding carboxylic acids is 1. The van der Waals surface area contributed by atoms with Crippen LogP contribution in [-0.4, -0.2) is 19.4 Å². The maximum absolute atomic E-state index is 11.2. The Morgan fingerprint density at radius 3 is 2.82 bits per heavy atom. The Kier molecular flexibility index (Phi) is 2.79. The Hall–Kier alpha value is -1.97. The van der Waals surface area contributed by atoms with E-state index in [0.29, 0.717) is 5.75 Å². The van der Waals surface area contributed by atoms with Crippen LogP contribution in [-0.2, 0) is 15.1 Å². The molecule has 2 unspecified atom stereocenters. The number of cyclic esters (lactones) is 2. The van der Waals surface area contributed by atoms with Gasteiger partial charge < -0.3 is 14.2 Å². The summed E-state index contributed by atoms with van der Waals surface area (Å²) in [6.45, 7) is 5.50. The van der Waals surface area contributed by atoms with Gasteiger partial charge in [0.1, 0.15) is 5.75 Å². The van der Waals surface area contributed by atoms with E-state index in [2.05, 4.69) is 6.58 Å². The van der Waals surface area contributed by atoms with Crippen molar-refractivity contribution in [2.75, 3.05) is 7.11 Å². The molecule has 1 heterocycles. The molecule has 2 rings (SSSR count). The summed E-state index contributed by atoms with van der Waals surface area (Å²) >= 11 is 0. The summed E-state index contributed by atoms with van der Waals surface area (Å²) in [5.41, 5.74) is -0.156. The van der Waals surface area contributed by atoms with Crippen molar-refractivity contribution >= 4 is 6.16 Å². The van der Waals surface area contributed by atoms with Gasteiger partial charge in [0.05, 0.1) is 7.11 Å². The van der Waals surface area contributed by atoms with Gasteiger partial charge in [-0.25, -0.2) is 4.79 Å². The van der Waals surface area contributed by atoms with E-state index < -0.39 is 17.9 Å². The van der Waals surface area contributed by atoms with Gasteiger partial charge in [-0.3, -0.25) is 0 Å². The Morgan fingerprint density at radius 1 is 1.53 bits per heavy atom. The maximum Gasteiger partial charge on any atom is 0.510 e. The highest BCUT2D eigenvalue weighted by Crippen LogP contribution is 2.39. The van der Waals surface area contributed by atoms with Gasteiger partial charge in [-0.2, -0.15) is 0 Å². The molecule has 0 radical (unpaired) electrons. The summed E-state index contributed by atoms with van der Waals surface area (Å²) in [6, 6.07) is 7.31. The second-order valence-corrected chi connectivity index (χ2v) is 3.84. The van der Waals surface area contributed by atoms with Gasteiger partial charge in [0.2, 0.25) is 0 Å². The third-order valence-electron chi connectivity index (χ3n) is 2.95. The average molecular weight is 234 g/mol. The molecule has 1 aromatic carbocycles. The van der Waals surface area contributed by atoms with E-state index in [1.165, 1.54) is 0 Å². The van der Waals surface area contributed by atoms with Crippen molar-refractivity contribution in [1.82, 2.24) is 0 Å². The molecule has 0 spiro atoms. The zero-order valence-electron chi connectivity index (χ0n) is 9.80. The highest BCUT2D eigenvalue weighted by Gasteiger charge is 2.48. The molecule has 4 nitrogen and oxygen atoms in total. The van der Waals surface area contributed by atoms with Gasteiger partial charge in [-0.1, -0.05) is 18.7 Å². The molecule has 2 atom stereocenters. The minimum Gasteiger partial charge on any atom is -0.497 e. The molecule has 4 heteroatoms. The molecule has 17 heavy (non-hydrogen) atoms. The van der Waals surface area contributed by atoms with Crippen LogP contribution >= 0.6 is 0 Å². The minimum absolute atomic E-state index is 0.417. The first-order valence-electron chi connectivity index (χ1n) is 5.30. The Balaban J connectivity index is 2.47. The first-order chi connectivity index (χ1) is 8.12. The van der Waals surface area contributed by atoms with Crippen LogP contribution in [0.3, 0.4) is 0 Å². The third kappa shape index (κ3) is 1.75. The van der Waals surface area contributed by atoms with E-state index in [1.54, 1.807) is 26.2 Å². The van der Waals surface area contributed by atoms with Crippen LogP contribution in [0.15, 0.2) is 36.9 Å². The molecule has 0 amide bonds. The van der Waals surface area contributed by atoms with Gasteiger partial charge in [0.25, 0.3) is 0 Å². The van der Waals surface area contributed by atoms with Crippen LogP contribution < -0.4 is 4.74 Å². The second-order valence-electron chi connectivity index (χ2n) is 3.84. The molecule has 1 aliphatic rings. The predicted molar refractivity (Wildman–Crippen MR) is 61.9 cm³/mol. The lowest BCUT2D eigenvalue weighted by Gasteiger charge is -2.25. The van der Waals surface area contributed by atoms with Crippen molar-refractivity contribution in [2.45, 2.75) is 18.6 Å². The van der Waals surface area contributed by atoms with Crippen molar-refractivity contribution in [1.29, 1.82) is 0 Å². The summed E-state index contributed by atoms with van der Waals surface area (Å²) in [7, 11) is 1.58. The van der Waals surface area contributed by atoms with Gasteiger partial charge >= 0.3 is 6.16 Å². The number of carbonyl (C=O) groups is 1. The van der Waals surface area contributed by atoms with Crippen molar-refractivity contribution in [3.63, 3.8) is 0 Å². The number of hydrogen-bond donors (Lipinski definition) is 0. The molecule has 0 aromatic heterocycles. The fourth-order valence-corrected chi connectivity index (χ4v) is 1.96. The van der Waals surface area contributed by atoms with Gasteiger partial charge in [-0.05, 0) is 25.1 Å². The summed E-state index contributed by atoms with van der Waals surface area (Å²) in [6.07, 6.45) is 0.483. The lowest BCUT2D eigenvalue weighted by atomic mass is 9.89. The second kappa shape index (κ2) is 4.13. The minimum atomic E-state index is -0.939. The molecule has 0 bridgehead atoms. The van der Waals surface area contributed by atoms with Crippen LogP contribution in [0.4, 0.5) is 4.79 Å². The van der Waals surface area contributed by atoms with E-state index >= 15 is 0 Å². The van der Waals surface area contributed by atoms with E-state index in [0.717, 1.165) is 5.56 Å². The van der Waals surface area contributed by atoms with Crippen molar-refractivity contribution in [3.05, 3.63) is 42.5 Å². The Labute approximate surface area is 99.8 Å². The number of ether oxygens (including phenoxy) is 3. The van der Waals surface area contributed by atoms with Gasteiger partial charge in [0, 0.05) is 5.56 Å². The summed E-state index contributed by atoms with van der Waals surface area (Å²) in [4.78, 5) is 11.2. The summed E-state index contributed by atoms with van der Waals surface area (Å²) in [5, 5.41) is 0. The van der Waals surface area contributed by atoms with E-state index in [1.807, 2.05) is 18.2 Å². The number of benzene rings is 1. The highest BCUT2D eigenvalue weighted by molar-refractivity contribution is 5.65. The van der Waals surface area contributed by atoms with E-state index in [9.17, 15) is 4.79 Å². The maximum atomic E-state index is 11.2. The zero-order chi connectivity index (χ0) is 12.5. The van der Waals surface area contributed by atoms with Crippen LogP contribution in [0.1, 0.15) is 12.5 Å². The molecule has 1 fully saturated rings. The standard InChI is InChI=1S/C13H14O4/c1-4-13(9(2)16-12(14)17-13)10-6-5-7-11(8-10)15-3/h4-9H,1H2,2-3H3. The molecule has 1 aliphatic heterocycles. The molecular weight excluding hydrogens is 220 g/mol. The van der Waals surface area contributed by atoms with Gasteiger partial charge in [-0.15, -0.1) is 0 Å². The number of methoxy groups -OCH3 is 1. The number of hydrogen-bond acceptors (Lipinski definition) is 4. The third-order valence-corrected chi connectivity index (χ3v) is 2.95. The Bertz CT molecular complexity index is 454. The van der Waals surface area contributed by atoms with Crippen LogP contribution in [0.5, 0.6) is 5.75 Å². The van der Waals surface area contributed by atoms with Crippen molar-refractivity contribution in [3.8, 4) is 5.75 Å². The number of rotatable bonds is 3. The Morgan fingerprint density at radius 2 is 2.29 bits per heavy atom. The SMILES string of the molecule is C=CC1(c2cccc(OC)c2)OC(=O)OC1C. The molecule has 1 aromatic rings. The molecule has 90 valence electrons. The molecule has 0 saturated carbocycles. The quantitative estimate of drug-likeness (QED) is 0.595. The monoisotopic (exact) mass is 234 g/mol. The summed E-state index contributed by atoms with van der Waals surface area (Å²) in [5.74, 6) is 0.693. The zero-order valence-corrected chi connectivity index (χ0v) is 9.80. The first kappa shape index (κ1) is 11.5. The van der Waals surface area contributed by atoms with Crippen LogP contribution in [0, 0.1) is 0 Å². The fraction of sp³-hybridized carbons (Fsp3) is 0.308. The smallest absolute Gasteiger partial charge is 0.497 e. The van der Waals surface area contributed by atoms with E-state index in [4.69, 9.17) is 14.2 Å². The highest BCUT2D eigenvalue weighted by atomic mass is 16.8. The van der Waals surface area contributed by atoms with Gasteiger partial charge in [0.15, 0.2) is 11.7 Å². The average Bonchev–Trinajstić information content (AvgIpc) is 2.65. The largest absolute Gasteiger partial charge is 0.510 e. The summed E-state index contributed by atoms with van der Waals surface area (Å²) < 4.78 is 15.4. The molecule has 0 aliphatic carbocycles. The first-order valence-corrected chi connectivity index (χ1v) is 5.30. The molecule has 1 saturated heterocycles. The molecular formula is C13H14O4.